The third-order valence-corrected chi connectivity index (χ3v) is 10.1. The fourth-order valence-electron chi connectivity index (χ4n) is 5.20. The highest BCUT2D eigenvalue weighted by atomic mass is 32.2. The quantitative estimate of drug-likeness (QED) is 0.0970. The average Bonchev–Trinajstić information content (AvgIpc) is 3.01. The van der Waals surface area contributed by atoms with Crippen molar-refractivity contribution < 1.29 is 32.1 Å². The van der Waals surface area contributed by atoms with Crippen LogP contribution in [-0.2, 0) is 18.8 Å². The second-order valence-electron chi connectivity index (χ2n) is 10.5. The molecule has 1 amide bonds. The molecule has 2 heterocycles. The number of benzene rings is 3. The van der Waals surface area contributed by atoms with Gasteiger partial charge in [-0.2, -0.15) is 8.78 Å². The lowest BCUT2D eigenvalue weighted by atomic mass is 10.2. The Morgan fingerprint density at radius 3 is 2.02 bits per heavy atom. The molecule has 0 radical (unpaired) electrons. The molecule has 0 saturated carbocycles. The highest BCUT2D eigenvalue weighted by molar-refractivity contribution is 7.99. The van der Waals surface area contributed by atoms with Crippen LogP contribution < -0.4 is 10.4 Å². The topological polar surface area (TPSA) is 76.7 Å². The van der Waals surface area contributed by atoms with E-state index >= 15 is 0 Å². The van der Waals surface area contributed by atoms with Crippen molar-refractivity contribution >= 4 is 42.2 Å². The van der Waals surface area contributed by atoms with E-state index in [-0.39, 0.29) is 12.5 Å². The summed E-state index contributed by atoms with van der Waals surface area (Å²) in [5, 5.41) is 6.19. The highest BCUT2D eigenvalue weighted by Crippen LogP contribution is 2.53. The van der Waals surface area contributed by atoms with Crippen molar-refractivity contribution in [2.24, 2.45) is 0 Å². The van der Waals surface area contributed by atoms with E-state index in [1.807, 2.05) is 60.7 Å². The van der Waals surface area contributed by atoms with Crippen molar-refractivity contribution in [3.63, 3.8) is 0 Å². The molecule has 0 atom stereocenters. The first kappa shape index (κ1) is 31.2. The summed E-state index contributed by atoms with van der Waals surface area (Å²) in [6.45, 7) is 3.95. The maximum Gasteiger partial charge on any atom is 0.288 e. The lowest BCUT2D eigenvalue weighted by Gasteiger charge is -2.40. The number of nitrogens with one attached hydrogen (secondary N) is 2. The molecule has 3 aromatic carbocycles. The fourth-order valence-corrected chi connectivity index (χ4v) is 7.57. The molecule has 7 nitrogen and oxygen atoms in total. The molecule has 0 unspecified atom stereocenters. The lowest BCUT2D eigenvalue weighted by Crippen LogP contribution is -2.58. The number of ether oxygens (including phenoxy) is 2. The van der Waals surface area contributed by atoms with E-state index in [0.29, 0.717) is 84.2 Å². The first-order valence-electron chi connectivity index (χ1n) is 14.2. The molecule has 226 valence electrons. The van der Waals surface area contributed by atoms with Crippen molar-refractivity contribution in [3.8, 4) is 0 Å². The third kappa shape index (κ3) is 8.87. The number of hydrogen-bond acceptors (Lipinski definition) is 5. The first-order valence-corrected chi connectivity index (χ1v) is 16.9. The molecule has 43 heavy (non-hydrogen) atoms. The lowest BCUT2D eigenvalue weighted by molar-refractivity contribution is -0.927. The minimum Gasteiger partial charge on any atom is -0.456 e. The van der Waals surface area contributed by atoms with E-state index in [1.54, 1.807) is 35.9 Å². The van der Waals surface area contributed by atoms with Gasteiger partial charge in [-0.05, 0) is 24.3 Å². The van der Waals surface area contributed by atoms with Gasteiger partial charge in [-0.25, -0.2) is 0 Å². The summed E-state index contributed by atoms with van der Waals surface area (Å²) in [4.78, 5) is 13.5. The van der Waals surface area contributed by atoms with Crippen LogP contribution in [0.4, 0.5) is 14.5 Å². The zero-order valence-electron chi connectivity index (χ0n) is 23.7. The van der Waals surface area contributed by atoms with Crippen LogP contribution in [0.3, 0.4) is 0 Å². The molecule has 11 heteroatoms. The van der Waals surface area contributed by atoms with E-state index in [2.05, 4.69) is 10.4 Å². The molecular weight excluding hydrogens is 591 g/mol. The normalized spacial score (nSPS) is 17.5. The summed E-state index contributed by atoms with van der Waals surface area (Å²) in [5.74, 6) is 1.83. The molecule has 3 aromatic rings. The Hall–Kier alpha value is -3.27. The molecule has 2 aliphatic heterocycles. The molecule has 2 N–H and O–H groups in total. The number of rotatable bonds is 12. The van der Waals surface area contributed by atoms with Crippen LogP contribution in [0, 0.1) is 0 Å². The Morgan fingerprint density at radius 2 is 1.47 bits per heavy atom. The van der Waals surface area contributed by atoms with Crippen LogP contribution in [0.5, 0.6) is 0 Å². The van der Waals surface area contributed by atoms with Crippen molar-refractivity contribution in [2.45, 2.75) is 17.1 Å². The minimum absolute atomic E-state index is 0.146. The Kier molecular flexibility index (Phi) is 10.5. The number of hydrogen-bond donors (Lipinski definition) is 2. The number of alkyl halides is 2. The monoisotopic (exact) mass is 626 g/mol. The predicted molar refractivity (Wildman–Crippen MR) is 168 cm³/mol. The van der Waals surface area contributed by atoms with E-state index in [9.17, 15) is 18.1 Å². The predicted octanol–water partition coefficient (Wildman–Crippen LogP) is 7.07. The van der Waals surface area contributed by atoms with E-state index in [4.69, 9.17) is 9.47 Å². The number of nitrogens with zero attached hydrogens (tertiary/aromatic N) is 1. The molecule has 0 aliphatic carbocycles. The van der Waals surface area contributed by atoms with Gasteiger partial charge in [0.1, 0.15) is 24.6 Å². The summed E-state index contributed by atoms with van der Waals surface area (Å²) < 4.78 is 51.7. The van der Waals surface area contributed by atoms with Crippen molar-refractivity contribution in [2.75, 3.05) is 51.3 Å². The van der Waals surface area contributed by atoms with Gasteiger partial charge in [-0.15, -0.1) is 0 Å². The third-order valence-electron chi connectivity index (χ3n) is 7.38. The van der Waals surface area contributed by atoms with E-state index in [0.717, 1.165) is 11.1 Å². The van der Waals surface area contributed by atoms with E-state index < -0.39 is 13.1 Å². The van der Waals surface area contributed by atoms with Gasteiger partial charge in [0.25, 0.3) is 11.7 Å². The first-order chi connectivity index (χ1) is 20.8. The van der Waals surface area contributed by atoms with Crippen LogP contribution in [0.2, 0.25) is 0 Å². The Morgan fingerprint density at radius 1 is 0.884 bits per heavy atom. The van der Waals surface area contributed by atoms with Crippen LogP contribution in [0.25, 0.3) is 11.5 Å². The molecule has 1 fully saturated rings. The molecular formula is C32H35F2N3O4PS+. The Balaban J connectivity index is 1.23. The van der Waals surface area contributed by atoms with Gasteiger partial charge in [0, 0.05) is 46.3 Å². The van der Waals surface area contributed by atoms with E-state index in [1.165, 1.54) is 0 Å². The highest BCUT2D eigenvalue weighted by Gasteiger charge is 2.33. The van der Waals surface area contributed by atoms with Crippen molar-refractivity contribution in [1.29, 1.82) is 0 Å². The van der Waals surface area contributed by atoms with Gasteiger partial charge in [-0.1, -0.05) is 72.4 Å². The van der Waals surface area contributed by atoms with Gasteiger partial charge < -0.3 is 19.3 Å². The minimum atomic E-state index is -3.09. The summed E-state index contributed by atoms with van der Waals surface area (Å²) in [6.07, 6.45) is 0.695. The second-order valence-corrected chi connectivity index (χ2v) is 13.8. The van der Waals surface area contributed by atoms with Crippen molar-refractivity contribution in [1.82, 2.24) is 5.09 Å². The van der Waals surface area contributed by atoms with Gasteiger partial charge in [0.2, 0.25) is 0 Å². The molecule has 0 bridgehead atoms. The standard InChI is InChI=1S/C32H34F2N3O4PS/c33-32(34)43-28-14-12-27(13-15-28)36-31(38)22-37(18-20-40-21-19-37)17-7-16-35-42(39)23-29(25-8-3-1-4-9-25)41-30(24-42)26-10-5-2-6-11-26/h1-6,8-15,23-24,32H,7,16-22H2,(H-,35,36,38,39)/p+1. The molecule has 5 rings (SSSR count). The van der Waals surface area contributed by atoms with Crippen LogP contribution in [0.1, 0.15) is 17.5 Å². The number of morpholine rings is 1. The SMILES string of the molecule is O=C(C[N+]1(CCCNP2(=O)C=C(c3ccccc3)OC(c3ccccc3)=C2)CCOCC1)Nc1ccc(SC(F)F)cc1. The number of amides is 1. The number of thioether (sulfide) groups is 1. The zero-order valence-corrected chi connectivity index (χ0v) is 25.4. The van der Waals surface area contributed by atoms with Crippen LogP contribution in [-0.4, -0.2) is 62.1 Å². The number of quaternary nitrogens is 1. The maximum atomic E-state index is 14.1. The second kappa shape index (κ2) is 14.5. The summed E-state index contributed by atoms with van der Waals surface area (Å²) in [5.41, 5.74) is 2.26. The Bertz CT molecular complexity index is 1420. The van der Waals surface area contributed by atoms with Crippen LogP contribution >= 0.6 is 19.1 Å². The molecule has 0 spiro atoms. The molecule has 2 aliphatic rings. The maximum absolute atomic E-state index is 14.1. The van der Waals surface area contributed by atoms with Gasteiger partial charge in [0.05, 0.1) is 19.8 Å². The van der Waals surface area contributed by atoms with Gasteiger partial charge in [0.15, 0.2) is 13.8 Å². The molecule has 0 aromatic heterocycles. The summed E-state index contributed by atoms with van der Waals surface area (Å²) >= 11 is 0.470. The van der Waals surface area contributed by atoms with Gasteiger partial charge in [-0.3, -0.25) is 14.4 Å². The zero-order chi connectivity index (χ0) is 30.1. The average molecular weight is 627 g/mol. The number of anilines is 1. The Labute approximate surface area is 255 Å². The summed E-state index contributed by atoms with van der Waals surface area (Å²) in [7, 11) is -3.09. The fraction of sp³-hybridized carbons (Fsp3) is 0.281. The number of halogens is 2. The number of carbonyl (C=O) groups excluding carboxylic acids is 1. The summed E-state index contributed by atoms with van der Waals surface area (Å²) in [6, 6.07) is 25.7. The van der Waals surface area contributed by atoms with Crippen molar-refractivity contribution in [3.05, 3.63) is 108 Å². The smallest absolute Gasteiger partial charge is 0.288 e. The number of carbonyl (C=O) groups is 1. The largest absolute Gasteiger partial charge is 0.456 e. The van der Waals surface area contributed by atoms with Crippen LogP contribution in [0.15, 0.2) is 101 Å². The van der Waals surface area contributed by atoms with Gasteiger partial charge >= 0.3 is 0 Å². The molecule has 1 saturated heterocycles.